The van der Waals surface area contributed by atoms with Crippen molar-refractivity contribution in [3.8, 4) is 0 Å². The summed E-state index contributed by atoms with van der Waals surface area (Å²) in [4.78, 5) is 25.4. The second kappa shape index (κ2) is 6.62. The number of halogens is 2. The van der Waals surface area contributed by atoms with Gasteiger partial charge in [0.05, 0.1) is 23.5 Å². The highest BCUT2D eigenvalue weighted by molar-refractivity contribution is 6.35. The van der Waals surface area contributed by atoms with E-state index in [0.29, 0.717) is 5.56 Å². The van der Waals surface area contributed by atoms with E-state index in [0.717, 1.165) is 5.56 Å². The molecule has 1 unspecified atom stereocenters. The number of Topliss-reactive ketones (excluding diaryl/α,β-unsaturated/α-hetero) is 1. The average Bonchev–Trinajstić information content (AvgIpc) is 2.55. The van der Waals surface area contributed by atoms with E-state index in [2.05, 4.69) is 4.65 Å². The average molecular weight is 350 g/mol. The number of allylic oxidation sites excluding steroid dienone is 1. The molecule has 0 saturated heterocycles. The molecule has 1 aromatic carbocycles. The molecule has 4 nitrogen and oxygen atoms in total. The first-order valence-electron chi connectivity index (χ1n) is 7.93. The summed E-state index contributed by atoms with van der Waals surface area (Å²) in [5, 5.41) is 0. The van der Waals surface area contributed by atoms with Gasteiger partial charge in [-0.3, -0.25) is 4.79 Å². The molecule has 0 spiro atoms. The van der Waals surface area contributed by atoms with Gasteiger partial charge in [0.25, 0.3) is 0 Å². The number of esters is 1. The van der Waals surface area contributed by atoms with Gasteiger partial charge in [0.2, 0.25) is 0 Å². The lowest BCUT2D eigenvalue weighted by Crippen LogP contribution is -2.49. The van der Waals surface area contributed by atoms with Gasteiger partial charge in [-0.1, -0.05) is 29.8 Å². The Bertz CT molecular complexity index is 725. The Morgan fingerprint density at radius 3 is 2.20 bits per heavy atom. The third kappa shape index (κ3) is 3.32. The highest BCUT2D eigenvalue weighted by atomic mass is 19.2. The molecule has 0 heterocycles. The number of ketones is 1. The largest absolute Gasteiger partial charge is 0.796 e. The third-order valence-corrected chi connectivity index (χ3v) is 4.77. The monoisotopic (exact) mass is 350 g/mol. The summed E-state index contributed by atoms with van der Waals surface area (Å²) in [7, 11) is -1.97. The molecule has 0 amide bonds. The molecule has 7 heteroatoms. The second-order valence-corrected chi connectivity index (χ2v) is 7.01. The van der Waals surface area contributed by atoms with Gasteiger partial charge in [-0.25, -0.2) is 13.4 Å². The Hall–Kier alpha value is -2.18. The number of methoxy groups -OCH3 is 1. The summed E-state index contributed by atoms with van der Waals surface area (Å²) in [5.41, 5.74) is -0.724. The summed E-state index contributed by atoms with van der Waals surface area (Å²) in [6.45, 7) is 6.61. The number of benzene rings is 1. The number of ether oxygens (including phenoxy) is 1. The van der Waals surface area contributed by atoms with Crippen molar-refractivity contribution < 1.29 is 27.6 Å². The van der Waals surface area contributed by atoms with Crippen molar-refractivity contribution in [2.75, 3.05) is 7.11 Å². The van der Waals surface area contributed by atoms with E-state index in [1.54, 1.807) is 6.92 Å². The van der Waals surface area contributed by atoms with Crippen LogP contribution in [-0.2, 0) is 24.4 Å². The molecular formula is C18H21BF2O4. The fourth-order valence-electron chi connectivity index (χ4n) is 3.43. The first-order valence-corrected chi connectivity index (χ1v) is 7.93. The first kappa shape index (κ1) is 19.2. The molecule has 1 atom stereocenters. The number of carbonyl (C=O) groups excluding carboxylic acids is 2. The van der Waals surface area contributed by atoms with E-state index in [1.165, 1.54) is 21.0 Å². The van der Waals surface area contributed by atoms with Crippen LogP contribution < -0.4 is 0 Å². The highest BCUT2D eigenvalue weighted by Gasteiger charge is 2.54. The van der Waals surface area contributed by atoms with Crippen molar-refractivity contribution in [1.82, 2.24) is 0 Å². The SMILES string of the molecule is COC(=O)C1=C(OB(F)F)C(C)(C)C(=O)C(C)(c2ccc(C)cc2)C1. The number of hydrogen-bond donors (Lipinski definition) is 0. The van der Waals surface area contributed by atoms with Crippen LogP contribution in [0.15, 0.2) is 35.6 Å². The van der Waals surface area contributed by atoms with Crippen molar-refractivity contribution in [1.29, 1.82) is 0 Å². The van der Waals surface area contributed by atoms with Crippen LogP contribution in [0.5, 0.6) is 0 Å². The molecule has 1 aromatic rings. The predicted octanol–water partition coefficient (Wildman–Crippen LogP) is 3.62. The zero-order chi connectivity index (χ0) is 19.0. The van der Waals surface area contributed by atoms with Gasteiger partial charge in [-0.05, 0) is 39.7 Å². The molecule has 1 aliphatic carbocycles. The van der Waals surface area contributed by atoms with Gasteiger partial charge in [0, 0.05) is 0 Å². The normalized spacial score (nSPS) is 22.6. The Balaban J connectivity index is 2.65. The summed E-state index contributed by atoms with van der Waals surface area (Å²) < 4.78 is 35.1. The number of carbonyl (C=O) groups is 2. The fourth-order valence-corrected chi connectivity index (χ4v) is 3.43. The molecule has 0 bridgehead atoms. The maximum atomic E-state index is 13.2. The van der Waals surface area contributed by atoms with Gasteiger partial charge in [-0.2, -0.15) is 0 Å². The third-order valence-electron chi connectivity index (χ3n) is 4.77. The van der Waals surface area contributed by atoms with E-state index in [4.69, 9.17) is 4.74 Å². The molecule has 1 aliphatic rings. The number of aryl methyl sites for hydroxylation is 1. The van der Waals surface area contributed by atoms with E-state index in [9.17, 15) is 18.2 Å². The van der Waals surface area contributed by atoms with Gasteiger partial charge >= 0.3 is 13.4 Å². The predicted molar refractivity (Wildman–Crippen MR) is 90.0 cm³/mol. The minimum absolute atomic E-state index is 0.0320. The maximum absolute atomic E-state index is 13.2. The maximum Gasteiger partial charge on any atom is 0.796 e. The molecule has 0 radical (unpaired) electrons. The molecule has 25 heavy (non-hydrogen) atoms. The van der Waals surface area contributed by atoms with Crippen LogP contribution >= 0.6 is 0 Å². The zero-order valence-corrected chi connectivity index (χ0v) is 15.0. The first-order chi connectivity index (χ1) is 11.5. The highest BCUT2D eigenvalue weighted by Crippen LogP contribution is 2.48. The van der Waals surface area contributed by atoms with E-state index < -0.39 is 24.3 Å². The fraction of sp³-hybridized carbons (Fsp3) is 0.444. The van der Waals surface area contributed by atoms with Crippen molar-refractivity contribution >= 4 is 19.2 Å². The van der Waals surface area contributed by atoms with Gasteiger partial charge in [0.15, 0.2) is 5.78 Å². The number of rotatable bonds is 4. The lowest BCUT2D eigenvalue weighted by molar-refractivity contribution is -0.139. The Kier molecular flexibility index (Phi) is 5.07. The van der Waals surface area contributed by atoms with Crippen molar-refractivity contribution in [3.05, 3.63) is 46.7 Å². The van der Waals surface area contributed by atoms with Crippen molar-refractivity contribution in [2.24, 2.45) is 5.41 Å². The second-order valence-electron chi connectivity index (χ2n) is 7.01. The molecule has 0 aromatic heterocycles. The Labute approximate surface area is 146 Å². The van der Waals surface area contributed by atoms with Crippen LogP contribution in [0.4, 0.5) is 8.63 Å². The van der Waals surface area contributed by atoms with E-state index in [-0.39, 0.29) is 23.5 Å². The van der Waals surface area contributed by atoms with Crippen molar-refractivity contribution in [2.45, 2.75) is 39.5 Å². The Morgan fingerprint density at radius 2 is 1.72 bits per heavy atom. The van der Waals surface area contributed by atoms with Gasteiger partial charge in [0.1, 0.15) is 5.76 Å². The topological polar surface area (TPSA) is 52.6 Å². The lowest BCUT2D eigenvalue weighted by Gasteiger charge is -2.42. The van der Waals surface area contributed by atoms with E-state index in [1.807, 2.05) is 31.2 Å². The van der Waals surface area contributed by atoms with Crippen LogP contribution in [-0.4, -0.2) is 26.3 Å². The minimum atomic E-state index is -3.13. The summed E-state index contributed by atoms with van der Waals surface area (Å²) in [5.74, 6) is -1.37. The van der Waals surface area contributed by atoms with Crippen LogP contribution in [0.25, 0.3) is 0 Å². The molecule has 0 fully saturated rings. The zero-order valence-electron chi connectivity index (χ0n) is 15.0. The summed E-state index contributed by atoms with van der Waals surface area (Å²) in [6.07, 6.45) is -0.0624. The molecule has 2 rings (SSSR count). The van der Waals surface area contributed by atoms with Crippen LogP contribution in [0.3, 0.4) is 0 Å². The van der Waals surface area contributed by atoms with Gasteiger partial charge < -0.3 is 9.39 Å². The summed E-state index contributed by atoms with van der Waals surface area (Å²) >= 11 is 0. The van der Waals surface area contributed by atoms with Crippen LogP contribution in [0, 0.1) is 12.3 Å². The van der Waals surface area contributed by atoms with Crippen LogP contribution in [0.1, 0.15) is 38.3 Å². The lowest BCUT2D eigenvalue weighted by atomic mass is 9.60. The molecular weight excluding hydrogens is 329 g/mol. The summed E-state index contributed by atoms with van der Waals surface area (Å²) in [6, 6.07) is 7.37. The molecule has 0 aliphatic heterocycles. The minimum Gasteiger partial charge on any atom is -0.507 e. The van der Waals surface area contributed by atoms with E-state index >= 15 is 0 Å². The molecule has 134 valence electrons. The molecule has 0 saturated carbocycles. The van der Waals surface area contributed by atoms with Crippen molar-refractivity contribution in [3.63, 3.8) is 0 Å². The van der Waals surface area contributed by atoms with Crippen LogP contribution in [0.2, 0.25) is 0 Å². The quantitative estimate of drug-likeness (QED) is 0.615. The Morgan fingerprint density at radius 1 is 1.16 bits per heavy atom. The van der Waals surface area contributed by atoms with Gasteiger partial charge in [-0.15, -0.1) is 0 Å². The number of hydrogen-bond acceptors (Lipinski definition) is 4. The standard InChI is InChI=1S/C18H21BF2O4/c1-11-6-8-12(9-7-11)18(4)10-13(15(22)24-5)14(25-19(20)21)17(2,3)16(18)23/h6-9H,10H2,1-5H3. The smallest absolute Gasteiger partial charge is 0.507 e. The molecule has 0 N–H and O–H groups in total.